The molecule has 2 saturated carbocycles. The topological polar surface area (TPSA) is 69.6 Å². The van der Waals surface area contributed by atoms with Crippen LogP contribution in [0.1, 0.15) is 51.4 Å². The van der Waals surface area contributed by atoms with E-state index >= 15 is 0 Å². The molecule has 3 fully saturated rings. The monoisotopic (exact) mass is 280 g/mol. The number of carbonyl (C=O) groups is 2. The number of amides is 2. The van der Waals surface area contributed by atoms with Gasteiger partial charge in [-0.05, 0) is 37.5 Å². The molecule has 112 valence electrons. The fraction of sp³-hybridized carbons (Fsp3) is 0.867. The van der Waals surface area contributed by atoms with E-state index in [1.807, 2.05) is 4.90 Å². The Labute approximate surface area is 119 Å². The first kappa shape index (κ1) is 13.7. The number of hydrogen-bond acceptors (Lipinski definition) is 2. The Kier molecular flexibility index (Phi) is 3.61. The van der Waals surface area contributed by atoms with Gasteiger partial charge in [-0.15, -0.1) is 0 Å². The minimum atomic E-state index is -1.02. The summed E-state index contributed by atoms with van der Waals surface area (Å²) in [4.78, 5) is 25.8. The maximum Gasteiger partial charge on any atom is 0.329 e. The van der Waals surface area contributed by atoms with Crippen LogP contribution >= 0.6 is 0 Å². The quantitative estimate of drug-likeness (QED) is 0.815. The fourth-order valence-electron chi connectivity index (χ4n) is 4.23. The summed E-state index contributed by atoms with van der Waals surface area (Å²) < 4.78 is 0. The Bertz CT molecular complexity index is 392. The SMILES string of the molecule is O=C(NC1(C(=O)O)CCCCC1)N1CC2CCCC2C1. The Balaban J connectivity index is 1.64. The summed E-state index contributed by atoms with van der Waals surface area (Å²) in [5, 5.41) is 12.4. The highest BCUT2D eigenvalue weighted by molar-refractivity contribution is 5.86. The minimum absolute atomic E-state index is 0.163. The summed E-state index contributed by atoms with van der Waals surface area (Å²) in [7, 11) is 0. The molecule has 0 spiro atoms. The molecule has 0 bridgehead atoms. The van der Waals surface area contributed by atoms with Crippen molar-refractivity contribution >= 4 is 12.0 Å². The summed E-state index contributed by atoms with van der Waals surface area (Å²) in [6.45, 7) is 1.62. The average molecular weight is 280 g/mol. The van der Waals surface area contributed by atoms with Crippen LogP contribution in [-0.2, 0) is 4.79 Å². The van der Waals surface area contributed by atoms with Crippen LogP contribution in [0.2, 0.25) is 0 Å². The van der Waals surface area contributed by atoms with Gasteiger partial charge in [0.15, 0.2) is 0 Å². The summed E-state index contributed by atoms with van der Waals surface area (Å²) in [6, 6.07) is -0.163. The minimum Gasteiger partial charge on any atom is -0.480 e. The second-order valence-electron chi connectivity index (χ2n) is 6.73. The second-order valence-corrected chi connectivity index (χ2v) is 6.73. The molecule has 2 N–H and O–H groups in total. The lowest BCUT2D eigenvalue weighted by molar-refractivity contribution is -0.145. The number of nitrogens with zero attached hydrogens (tertiary/aromatic N) is 1. The van der Waals surface area contributed by atoms with Crippen LogP contribution < -0.4 is 5.32 Å². The first-order chi connectivity index (χ1) is 9.61. The van der Waals surface area contributed by atoms with E-state index in [2.05, 4.69) is 5.32 Å². The lowest BCUT2D eigenvalue weighted by Gasteiger charge is -2.35. The van der Waals surface area contributed by atoms with E-state index in [-0.39, 0.29) is 6.03 Å². The van der Waals surface area contributed by atoms with E-state index in [0.29, 0.717) is 24.7 Å². The van der Waals surface area contributed by atoms with Gasteiger partial charge in [0.1, 0.15) is 5.54 Å². The molecule has 0 aromatic carbocycles. The van der Waals surface area contributed by atoms with Crippen LogP contribution in [0.3, 0.4) is 0 Å². The molecule has 0 radical (unpaired) electrons. The van der Waals surface area contributed by atoms with Crippen LogP contribution in [0.15, 0.2) is 0 Å². The molecule has 1 heterocycles. The highest BCUT2D eigenvalue weighted by atomic mass is 16.4. The summed E-state index contributed by atoms with van der Waals surface area (Å²) in [6.07, 6.45) is 7.69. The molecule has 2 unspecified atom stereocenters. The number of carboxylic acids is 1. The Morgan fingerprint density at radius 3 is 2.15 bits per heavy atom. The van der Waals surface area contributed by atoms with Gasteiger partial charge in [-0.2, -0.15) is 0 Å². The molecule has 3 aliphatic rings. The first-order valence-corrected chi connectivity index (χ1v) is 7.91. The first-order valence-electron chi connectivity index (χ1n) is 7.91. The van der Waals surface area contributed by atoms with E-state index < -0.39 is 11.5 Å². The van der Waals surface area contributed by atoms with Gasteiger partial charge in [0.25, 0.3) is 0 Å². The van der Waals surface area contributed by atoms with Crippen LogP contribution in [0.5, 0.6) is 0 Å². The molecule has 1 aliphatic heterocycles. The van der Waals surface area contributed by atoms with E-state index in [9.17, 15) is 14.7 Å². The third-order valence-corrected chi connectivity index (χ3v) is 5.48. The highest BCUT2D eigenvalue weighted by Gasteiger charge is 2.44. The molecule has 5 nitrogen and oxygen atoms in total. The molecule has 1 saturated heterocycles. The summed E-state index contributed by atoms with van der Waals surface area (Å²) in [5.74, 6) is 0.422. The van der Waals surface area contributed by atoms with Gasteiger partial charge in [-0.3, -0.25) is 0 Å². The number of rotatable bonds is 2. The smallest absolute Gasteiger partial charge is 0.329 e. The van der Waals surface area contributed by atoms with Crippen molar-refractivity contribution in [2.45, 2.75) is 56.9 Å². The Morgan fingerprint density at radius 1 is 1.00 bits per heavy atom. The molecule has 0 aromatic rings. The van der Waals surface area contributed by atoms with Gasteiger partial charge in [-0.25, -0.2) is 9.59 Å². The Morgan fingerprint density at radius 2 is 1.60 bits per heavy atom. The average Bonchev–Trinajstić information content (AvgIpc) is 3.00. The van der Waals surface area contributed by atoms with Crippen molar-refractivity contribution in [2.24, 2.45) is 11.8 Å². The maximum atomic E-state index is 12.4. The van der Waals surface area contributed by atoms with Crippen LogP contribution in [0, 0.1) is 11.8 Å². The number of carbonyl (C=O) groups excluding carboxylic acids is 1. The number of aliphatic carboxylic acids is 1. The largest absolute Gasteiger partial charge is 0.480 e. The molecule has 5 heteroatoms. The van der Waals surface area contributed by atoms with Crippen molar-refractivity contribution in [3.05, 3.63) is 0 Å². The van der Waals surface area contributed by atoms with Gasteiger partial charge < -0.3 is 15.3 Å². The van der Waals surface area contributed by atoms with Crippen molar-refractivity contribution < 1.29 is 14.7 Å². The standard InChI is InChI=1S/C15H24N2O3/c18-13(19)15(7-2-1-3-8-15)16-14(20)17-9-11-5-4-6-12(11)10-17/h11-12H,1-10H2,(H,16,20)(H,18,19). The number of urea groups is 1. The lowest BCUT2D eigenvalue weighted by atomic mass is 9.82. The number of fused-ring (bicyclic) bond motifs is 1. The van der Waals surface area contributed by atoms with Crippen molar-refractivity contribution in [3.8, 4) is 0 Å². The third-order valence-electron chi connectivity index (χ3n) is 5.48. The van der Waals surface area contributed by atoms with Crippen LogP contribution in [0.4, 0.5) is 4.79 Å². The van der Waals surface area contributed by atoms with Crippen LogP contribution in [0.25, 0.3) is 0 Å². The van der Waals surface area contributed by atoms with Crippen LogP contribution in [-0.4, -0.2) is 40.6 Å². The summed E-state index contributed by atoms with van der Waals surface area (Å²) >= 11 is 0. The number of hydrogen-bond donors (Lipinski definition) is 2. The number of carboxylic acid groups (broad SMARTS) is 1. The molecular formula is C15H24N2O3. The van der Waals surface area contributed by atoms with Crippen molar-refractivity contribution in [1.29, 1.82) is 0 Å². The van der Waals surface area contributed by atoms with Gasteiger partial charge in [0.2, 0.25) is 0 Å². The zero-order valence-electron chi connectivity index (χ0n) is 11.9. The number of likely N-dealkylation sites (tertiary alicyclic amines) is 1. The van der Waals surface area contributed by atoms with Gasteiger partial charge >= 0.3 is 12.0 Å². The lowest BCUT2D eigenvalue weighted by Crippen LogP contribution is -2.58. The van der Waals surface area contributed by atoms with Gasteiger partial charge in [-0.1, -0.05) is 25.7 Å². The Hall–Kier alpha value is -1.26. The highest BCUT2D eigenvalue weighted by Crippen LogP contribution is 2.38. The van der Waals surface area contributed by atoms with Crippen molar-refractivity contribution in [1.82, 2.24) is 10.2 Å². The third kappa shape index (κ3) is 2.38. The van der Waals surface area contributed by atoms with Gasteiger partial charge in [0.05, 0.1) is 0 Å². The predicted octanol–water partition coefficient (Wildman–Crippen LogP) is 2.22. The zero-order chi connectivity index (χ0) is 14.2. The zero-order valence-corrected chi connectivity index (χ0v) is 11.9. The summed E-state index contributed by atoms with van der Waals surface area (Å²) in [5.41, 5.74) is -1.02. The molecule has 2 atom stereocenters. The van der Waals surface area contributed by atoms with E-state index in [4.69, 9.17) is 0 Å². The second kappa shape index (κ2) is 5.26. The molecular weight excluding hydrogens is 256 g/mol. The normalized spacial score (nSPS) is 31.9. The van der Waals surface area contributed by atoms with E-state index in [0.717, 1.165) is 32.4 Å². The predicted molar refractivity (Wildman–Crippen MR) is 74.4 cm³/mol. The van der Waals surface area contributed by atoms with E-state index in [1.54, 1.807) is 0 Å². The number of nitrogens with one attached hydrogen (secondary N) is 1. The molecule has 3 rings (SSSR count). The van der Waals surface area contributed by atoms with E-state index in [1.165, 1.54) is 19.3 Å². The molecule has 0 aromatic heterocycles. The van der Waals surface area contributed by atoms with Gasteiger partial charge in [0, 0.05) is 13.1 Å². The molecule has 2 aliphatic carbocycles. The fourth-order valence-corrected chi connectivity index (χ4v) is 4.23. The van der Waals surface area contributed by atoms with Crippen molar-refractivity contribution in [3.63, 3.8) is 0 Å². The molecule has 20 heavy (non-hydrogen) atoms. The maximum absolute atomic E-state index is 12.4. The molecule has 2 amide bonds. The van der Waals surface area contributed by atoms with Crippen molar-refractivity contribution in [2.75, 3.05) is 13.1 Å².